The molecule has 0 N–H and O–H groups in total. The Labute approximate surface area is 78.9 Å². The number of nitrogens with zero attached hydrogens (tertiary/aromatic N) is 1. The Bertz CT molecular complexity index is 292. The van der Waals surface area contributed by atoms with Crippen LogP contribution in [0.4, 0.5) is 0 Å². The van der Waals surface area contributed by atoms with Crippen LogP contribution >= 0.6 is 0 Å². The van der Waals surface area contributed by atoms with Crippen LogP contribution in [0.5, 0.6) is 5.75 Å². The monoisotopic (exact) mass is 177 g/mol. The Kier molecular flexibility index (Phi) is 2.21. The molecule has 1 heterocycles. The summed E-state index contributed by atoms with van der Waals surface area (Å²) in [6, 6.07) is 3.98. The standard InChI is InChI=1S/C11H15NO/c1-8(2)11-7-10(5-6-12-11)13-9-3-4-9/h5-9H,3-4H2,1-2H3. The molecule has 0 saturated heterocycles. The van der Waals surface area contributed by atoms with Crippen molar-refractivity contribution in [3.8, 4) is 5.75 Å². The van der Waals surface area contributed by atoms with Gasteiger partial charge in [0.2, 0.25) is 0 Å². The topological polar surface area (TPSA) is 22.1 Å². The summed E-state index contributed by atoms with van der Waals surface area (Å²) < 4.78 is 5.68. The number of aromatic nitrogens is 1. The van der Waals surface area contributed by atoms with Crippen molar-refractivity contribution in [2.75, 3.05) is 0 Å². The predicted octanol–water partition coefficient (Wildman–Crippen LogP) is 2.75. The molecule has 0 aliphatic heterocycles. The lowest BCUT2D eigenvalue weighted by Gasteiger charge is -2.07. The largest absolute Gasteiger partial charge is 0.490 e. The van der Waals surface area contributed by atoms with Gasteiger partial charge < -0.3 is 4.74 Å². The highest BCUT2D eigenvalue weighted by Crippen LogP contribution is 2.27. The fraction of sp³-hybridized carbons (Fsp3) is 0.545. The fourth-order valence-electron chi connectivity index (χ4n) is 1.20. The summed E-state index contributed by atoms with van der Waals surface area (Å²) in [5.74, 6) is 1.45. The Balaban J connectivity index is 2.11. The van der Waals surface area contributed by atoms with Crippen molar-refractivity contribution in [1.29, 1.82) is 0 Å². The molecule has 1 aliphatic carbocycles. The van der Waals surface area contributed by atoms with Gasteiger partial charge in [0.05, 0.1) is 6.10 Å². The van der Waals surface area contributed by atoms with Gasteiger partial charge in [-0.05, 0) is 24.8 Å². The van der Waals surface area contributed by atoms with Gasteiger partial charge in [0.25, 0.3) is 0 Å². The van der Waals surface area contributed by atoms with Gasteiger partial charge in [0, 0.05) is 18.0 Å². The van der Waals surface area contributed by atoms with Gasteiger partial charge in [-0.15, -0.1) is 0 Å². The Hall–Kier alpha value is -1.05. The lowest BCUT2D eigenvalue weighted by molar-refractivity contribution is 0.302. The molecule has 1 fully saturated rings. The highest BCUT2D eigenvalue weighted by Gasteiger charge is 2.23. The molecule has 1 saturated carbocycles. The molecule has 2 nitrogen and oxygen atoms in total. The van der Waals surface area contributed by atoms with E-state index in [1.54, 1.807) is 0 Å². The summed E-state index contributed by atoms with van der Waals surface area (Å²) >= 11 is 0. The van der Waals surface area contributed by atoms with Crippen LogP contribution in [0.2, 0.25) is 0 Å². The first-order chi connectivity index (χ1) is 6.25. The first kappa shape index (κ1) is 8.54. The van der Waals surface area contributed by atoms with Gasteiger partial charge in [0.15, 0.2) is 0 Å². The van der Waals surface area contributed by atoms with Crippen molar-refractivity contribution in [3.05, 3.63) is 24.0 Å². The van der Waals surface area contributed by atoms with Gasteiger partial charge in [0.1, 0.15) is 5.75 Å². The maximum Gasteiger partial charge on any atom is 0.123 e. The van der Waals surface area contributed by atoms with Crippen LogP contribution < -0.4 is 4.74 Å². The minimum absolute atomic E-state index is 0.474. The molecule has 0 radical (unpaired) electrons. The van der Waals surface area contributed by atoms with Gasteiger partial charge in [-0.3, -0.25) is 4.98 Å². The quantitative estimate of drug-likeness (QED) is 0.708. The second-order valence-electron chi connectivity index (χ2n) is 3.89. The van der Waals surface area contributed by atoms with E-state index in [1.165, 1.54) is 12.8 Å². The van der Waals surface area contributed by atoms with Gasteiger partial charge in [-0.1, -0.05) is 13.8 Å². The van der Waals surface area contributed by atoms with Crippen molar-refractivity contribution in [3.63, 3.8) is 0 Å². The van der Waals surface area contributed by atoms with E-state index in [2.05, 4.69) is 18.8 Å². The normalized spacial score (nSPS) is 16.2. The minimum Gasteiger partial charge on any atom is -0.490 e. The molecule has 2 rings (SSSR count). The third-order valence-corrected chi connectivity index (χ3v) is 2.17. The molecular formula is C11H15NO. The molecule has 2 heteroatoms. The molecule has 1 aromatic rings. The summed E-state index contributed by atoms with van der Waals surface area (Å²) in [5.41, 5.74) is 1.11. The van der Waals surface area contributed by atoms with Crippen LogP contribution in [0.1, 0.15) is 38.3 Å². The van der Waals surface area contributed by atoms with E-state index in [-0.39, 0.29) is 0 Å². The highest BCUT2D eigenvalue weighted by molar-refractivity contribution is 5.24. The minimum atomic E-state index is 0.474. The number of hydrogen-bond acceptors (Lipinski definition) is 2. The summed E-state index contributed by atoms with van der Waals surface area (Å²) in [6.45, 7) is 4.28. The van der Waals surface area contributed by atoms with E-state index in [4.69, 9.17) is 4.74 Å². The maximum atomic E-state index is 5.68. The molecule has 0 atom stereocenters. The molecular weight excluding hydrogens is 162 g/mol. The second kappa shape index (κ2) is 3.36. The highest BCUT2D eigenvalue weighted by atomic mass is 16.5. The van der Waals surface area contributed by atoms with Gasteiger partial charge >= 0.3 is 0 Å². The third-order valence-electron chi connectivity index (χ3n) is 2.17. The Morgan fingerprint density at radius 2 is 2.23 bits per heavy atom. The van der Waals surface area contributed by atoms with Crippen molar-refractivity contribution in [2.24, 2.45) is 0 Å². The average molecular weight is 177 g/mol. The average Bonchev–Trinajstić information content (AvgIpc) is 2.89. The van der Waals surface area contributed by atoms with Crippen molar-refractivity contribution in [1.82, 2.24) is 4.98 Å². The molecule has 0 bridgehead atoms. The summed E-state index contributed by atoms with van der Waals surface area (Å²) in [4.78, 5) is 4.29. The van der Waals surface area contributed by atoms with E-state index >= 15 is 0 Å². The first-order valence-corrected chi connectivity index (χ1v) is 4.88. The van der Waals surface area contributed by atoms with E-state index in [9.17, 15) is 0 Å². The van der Waals surface area contributed by atoms with Crippen LogP contribution in [0.15, 0.2) is 18.3 Å². The molecule has 1 aromatic heterocycles. The molecule has 0 aromatic carbocycles. The first-order valence-electron chi connectivity index (χ1n) is 4.88. The van der Waals surface area contributed by atoms with Crippen LogP contribution in [0.3, 0.4) is 0 Å². The zero-order chi connectivity index (χ0) is 9.26. The van der Waals surface area contributed by atoms with E-state index < -0.39 is 0 Å². The molecule has 13 heavy (non-hydrogen) atoms. The van der Waals surface area contributed by atoms with Gasteiger partial charge in [-0.25, -0.2) is 0 Å². The number of pyridine rings is 1. The van der Waals surface area contributed by atoms with E-state index in [1.807, 2.05) is 18.3 Å². The van der Waals surface area contributed by atoms with E-state index in [0.717, 1.165) is 11.4 Å². The number of ether oxygens (including phenoxy) is 1. The second-order valence-corrected chi connectivity index (χ2v) is 3.89. The van der Waals surface area contributed by atoms with Crippen LogP contribution in [-0.4, -0.2) is 11.1 Å². The molecule has 0 amide bonds. The zero-order valence-electron chi connectivity index (χ0n) is 8.16. The van der Waals surface area contributed by atoms with E-state index in [0.29, 0.717) is 12.0 Å². The Morgan fingerprint density at radius 3 is 2.85 bits per heavy atom. The predicted molar refractivity (Wildman–Crippen MR) is 52.0 cm³/mol. The van der Waals surface area contributed by atoms with Gasteiger partial charge in [-0.2, -0.15) is 0 Å². The Morgan fingerprint density at radius 1 is 1.46 bits per heavy atom. The summed E-state index contributed by atoms with van der Waals surface area (Å²) in [7, 11) is 0. The lowest BCUT2D eigenvalue weighted by atomic mass is 10.1. The fourth-order valence-corrected chi connectivity index (χ4v) is 1.20. The zero-order valence-corrected chi connectivity index (χ0v) is 8.16. The van der Waals surface area contributed by atoms with Crippen molar-refractivity contribution < 1.29 is 4.74 Å². The molecule has 1 aliphatic rings. The molecule has 0 spiro atoms. The summed E-state index contributed by atoms with van der Waals surface area (Å²) in [6.07, 6.45) is 4.72. The van der Waals surface area contributed by atoms with Crippen molar-refractivity contribution in [2.45, 2.75) is 38.7 Å². The summed E-state index contributed by atoms with van der Waals surface area (Å²) in [5, 5.41) is 0. The van der Waals surface area contributed by atoms with Crippen LogP contribution in [0.25, 0.3) is 0 Å². The third kappa shape index (κ3) is 2.20. The SMILES string of the molecule is CC(C)c1cc(OC2CC2)ccn1. The van der Waals surface area contributed by atoms with Crippen LogP contribution in [-0.2, 0) is 0 Å². The molecule has 70 valence electrons. The smallest absolute Gasteiger partial charge is 0.123 e. The molecule has 0 unspecified atom stereocenters. The lowest BCUT2D eigenvalue weighted by Crippen LogP contribution is -1.98. The van der Waals surface area contributed by atoms with Crippen LogP contribution in [0, 0.1) is 0 Å². The number of hydrogen-bond donors (Lipinski definition) is 0. The maximum absolute atomic E-state index is 5.68. The van der Waals surface area contributed by atoms with Crippen molar-refractivity contribution >= 4 is 0 Å². The number of rotatable bonds is 3.